The van der Waals surface area contributed by atoms with Crippen molar-refractivity contribution in [1.82, 2.24) is 49.0 Å². The van der Waals surface area contributed by atoms with Crippen LogP contribution in [-0.4, -0.2) is 112 Å². The first kappa shape index (κ1) is 49.9. The molecule has 4 amide bonds. The number of hydrogen-bond acceptors (Lipinski definition) is 13. The third-order valence-corrected chi connectivity index (χ3v) is 11.4. The predicted molar refractivity (Wildman–Crippen MR) is 259 cm³/mol. The van der Waals surface area contributed by atoms with Gasteiger partial charge in [-0.1, -0.05) is 12.2 Å². The van der Waals surface area contributed by atoms with Crippen LogP contribution in [0.2, 0.25) is 0 Å². The van der Waals surface area contributed by atoms with Gasteiger partial charge in [-0.2, -0.15) is 10.2 Å². The number of nitrogens with two attached hydrogens (primary N) is 2. The minimum atomic E-state index is -0.977. The molecule has 0 aliphatic rings. The maximum Gasteiger partial charge on any atom is 0.303 e. The van der Waals surface area contributed by atoms with Crippen LogP contribution in [0.15, 0.2) is 54.7 Å². The number of hydrogen-bond donors (Lipinski definition) is 5. The van der Waals surface area contributed by atoms with Gasteiger partial charge in [0.2, 0.25) is 23.7 Å². The lowest BCUT2D eigenvalue weighted by Gasteiger charge is -2.13. The molecule has 0 radical (unpaired) electrons. The van der Waals surface area contributed by atoms with Crippen molar-refractivity contribution in [2.75, 3.05) is 38.8 Å². The van der Waals surface area contributed by atoms with Crippen LogP contribution in [0.3, 0.4) is 0 Å². The van der Waals surface area contributed by atoms with Crippen LogP contribution in [0.5, 0.6) is 5.75 Å². The Morgan fingerprint density at radius 1 is 0.786 bits per heavy atom. The minimum absolute atomic E-state index is 0.0304. The number of nitrogens with zero attached hydrogens (tertiary/aromatic N) is 9. The summed E-state index contributed by atoms with van der Waals surface area (Å²) < 4.78 is 24.8. The number of carbonyl (C=O) groups excluding carboxylic acids is 4. The van der Waals surface area contributed by atoms with E-state index in [2.05, 4.69) is 20.8 Å². The number of carbonyl (C=O) groups is 5. The van der Waals surface area contributed by atoms with E-state index in [1.165, 1.54) is 0 Å². The molecule has 0 spiro atoms. The number of fused-ring (bicyclic) bond motifs is 4. The van der Waals surface area contributed by atoms with Crippen molar-refractivity contribution in [3.05, 3.63) is 88.5 Å². The number of benzene rings is 2. The molecule has 0 unspecified atom stereocenters. The van der Waals surface area contributed by atoms with Crippen LogP contribution in [0.1, 0.15) is 87.7 Å². The third-order valence-electron chi connectivity index (χ3n) is 11.4. The summed E-state index contributed by atoms with van der Waals surface area (Å²) in [6.07, 6.45) is 6.29. The van der Waals surface area contributed by atoms with Gasteiger partial charge in [-0.05, 0) is 70.5 Å². The molecule has 7 aromatic rings. The van der Waals surface area contributed by atoms with Gasteiger partial charge in [0.05, 0.1) is 47.8 Å². The Bertz CT molecular complexity index is 3130. The second-order valence-corrected chi connectivity index (χ2v) is 16.4. The maximum absolute atomic E-state index is 13.9. The number of allylic oxidation sites excluding steroid dienone is 2. The van der Waals surface area contributed by atoms with Gasteiger partial charge in [0.25, 0.3) is 5.91 Å². The van der Waals surface area contributed by atoms with Crippen LogP contribution in [0.4, 0.5) is 5.95 Å². The Balaban J connectivity index is 1.28. The van der Waals surface area contributed by atoms with Gasteiger partial charge < -0.3 is 45.2 Å². The highest BCUT2D eigenvalue weighted by molar-refractivity contribution is 6.12. The number of anilines is 1. The lowest BCUT2D eigenvalue weighted by Crippen LogP contribution is -2.27. The number of imidazole rings is 1. The molecular formula is C48H57N13O9. The van der Waals surface area contributed by atoms with Crippen LogP contribution in [0.25, 0.3) is 44.5 Å². The zero-order valence-electron chi connectivity index (χ0n) is 39.8. The van der Waals surface area contributed by atoms with E-state index in [9.17, 15) is 24.0 Å². The number of aryl methyl sites for hydroxylation is 4. The summed E-state index contributed by atoms with van der Waals surface area (Å²) in [5, 5.41) is 25.0. The normalized spacial score (nSPS) is 11.6. The van der Waals surface area contributed by atoms with E-state index in [0.29, 0.717) is 94.2 Å². The summed E-state index contributed by atoms with van der Waals surface area (Å²) in [5.74, 6) is -2.01. The molecule has 0 saturated carbocycles. The van der Waals surface area contributed by atoms with Gasteiger partial charge in [-0.15, -0.1) is 0 Å². The third kappa shape index (κ3) is 11.3. The second-order valence-electron chi connectivity index (χ2n) is 16.4. The number of nitrogens with one attached hydrogen (secondary N) is 2. The van der Waals surface area contributed by atoms with E-state index in [-0.39, 0.29) is 75.1 Å². The summed E-state index contributed by atoms with van der Waals surface area (Å²) >= 11 is 0. The molecule has 0 atom stereocenters. The summed E-state index contributed by atoms with van der Waals surface area (Å²) in [4.78, 5) is 77.0. The van der Waals surface area contributed by atoms with E-state index in [4.69, 9.17) is 45.7 Å². The minimum Gasteiger partial charge on any atom is -0.491 e. The van der Waals surface area contributed by atoms with Crippen molar-refractivity contribution in [1.29, 1.82) is 0 Å². The monoisotopic (exact) mass is 959 g/mol. The highest BCUT2D eigenvalue weighted by Crippen LogP contribution is 2.37. The first-order valence-corrected chi connectivity index (χ1v) is 22.9. The fourth-order valence-electron chi connectivity index (χ4n) is 8.18. The van der Waals surface area contributed by atoms with E-state index < -0.39 is 23.7 Å². The number of methoxy groups -OCH3 is 1. The van der Waals surface area contributed by atoms with Crippen LogP contribution < -0.4 is 26.8 Å². The molecule has 368 valence electrons. The van der Waals surface area contributed by atoms with Gasteiger partial charge in [-0.25, -0.2) is 15.0 Å². The average Bonchev–Trinajstić information content (AvgIpc) is 4.09. The van der Waals surface area contributed by atoms with Crippen LogP contribution >= 0.6 is 0 Å². The molecule has 22 nitrogen and oxygen atoms in total. The number of carboxylic acids is 1. The second kappa shape index (κ2) is 22.4. The number of aromatic nitrogens is 9. The summed E-state index contributed by atoms with van der Waals surface area (Å²) in [6.45, 7) is 9.99. The topological polar surface area (TPSA) is 294 Å². The molecule has 0 aliphatic carbocycles. The number of amides is 4. The van der Waals surface area contributed by atoms with Crippen LogP contribution in [0, 0.1) is 13.8 Å². The Kier molecular flexibility index (Phi) is 16.0. The first-order valence-electron chi connectivity index (χ1n) is 22.9. The molecule has 2 aromatic carbocycles. The van der Waals surface area contributed by atoms with Crippen molar-refractivity contribution >= 4 is 68.5 Å². The molecule has 0 aliphatic heterocycles. The van der Waals surface area contributed by atoms with Gasteiger partial charge in [-0.3, -0.25) is 38.7 Å². The molecule has 5 heterocycles. The fraction of sp³-hybridized carbons (Fsp3) is 0.375. The van der Waals surface area contributed by atoms with E-state index in [0.717, 1.165) is 11.4 Å². The molecule has 7 rings (SSSR count). The summed E-state index contributed by atoms with van der Waals surface area (Å²) in [5.41, 5.74) is 17.2. The Morgan fingerprint density at radius 2 is 1.50 bits per heavy atom. The molecule has 5 aromatic heterocycles. The van der Waals surface area contributed by atoms with Crippen molar-refractivity contribution in [3.63, 3.8) is 0 Å². The summed E-state index contributed by atoms with van der Waals surface area (Å²) in [7, 11) is 1.61. The number of ether oxygens (including phenoxy) is 3. The number of rotatable bonds is 25. The zero-order valence-corrected chi connectivity index (χ0v) is 39.8. The molecule has 22 heteroatoms. The first-order chi connectivity index (χ1) is 33.7. The van der Waals surface area contributed by atoms with Gasteiger partial charge in [0.15, 0.2) is 5.82 Å². The highest BCUT2D eigenvalue weighted by Gasteiger charge is 2.23. The largest absolute Gasteiger partial charge is 0.491 e. The van der Waals surface area contributed by atoms with E-state index in [1.54, 1.807) is 59.8 Å². The Hall–Kier alpha value is -7.98. The SMILES string of the molecule is CCn1nc(C)cc1C(=O)Nc1nc2cc(C(N)=O)cc(COCCNC(=O)CCCC(=O)O)c2n1C/C=C/Cn1c2nc(-c3cc(C)nn3CC)ncc2c2cc(C(N)=O)cc(OCCCOC)c21. The predicted octanol–water partition coefficient (Wildman–Crippen LogP) is 4.66. The Labute approximate surface area is 402 Å². The Morgan fingerprint density at radius 3 is 2.21 bits per heavy atom. The smallest absolute Gasteiger partial charge is 0.303 e. The zero-order chi connectivity index (χ0) is 50.1. The van der Waals surface area contributed by atoms with Crippen molar-refractivity contribution in [2.45, 2.75) is 86.2 Å². The van der Waals surface area contributed by atoms with Crippen molar-refractivity contribution in [2.24, 2.45) is 11.5 Å². The highest BCUT2D eigenvalue weighted by atomic mass is 16.5. The molecule has 0 bridgehead atoms. The molecule has 0 saturated heterocycles. The number of primary amides is 2. The van der Waals surface area contributed by atoms with Gasteiger partial charge in [0.1, 0.15) is 22.8 Å². The molecular weight excluding hydrogens is 903 g/mol. The standard InChI is InChI=1S/C48H57N13O9/c1-6-60-36(20-28(3)56-60)45-52-26-34-33-23-31(44(50)66)25-38(70-18-11-17-68-5)42(33)58(46(34)54-45)15-8-9-16-59-41-32(27-69-19-14-51-39(62)12-10-13-40(63)64)22-30(43(49)65)24-35(41)53-48(59)55-47(67)37-21-29(4)57-61(37)7-2/h8-9,20-26H,6-7,10-19,27H2,1-5H3,(H2,49,65)(H2,50,66)(H,51,62)(H,63,64)(H,53,55,67)/b9-8+. The van der Waals surface area contributed by atoms with Gasteiger partial charge in [0, 0.05) is 99.4 Å². The average molecular weight is 960 g/mol. The van der Waals surface area contributed by atoms with Crippen molar-refractivity contribution < 1.29 is 43.3 Å². The quantitative estimate of drug-likeness (QED) is 0.0385. The summed E-state index contributed by atoms with van der Waals surface area (Å²) in [6, 6.07) is 10.1. The van der Waals surface area contributed by atoms with E-state index >= 15 is 0 Å². The lowest BCUT2D eigenvalue weighted by atomic mass is 10.1. The van der Waals surface area contributed by atoms with Crippen LogP contribution in [-0.2, 0) is 51.8 Å². The van der Waals surface area contributed by atoms with Gasteiger partial charge >= 0.3 is 5.97 Å². The molecule has 7 N–H and O–H groups in total. The van der Waals surface area contributed by atoms with E-state index in [1.807, 2.05) is 48.2 Å². The molecule has 0 fully saturated rings. The number of carboxylic acid groups (broad SMARTS) is 1. The van der Waals surface area contributed by atoms with Crippen molar-refractivity contribution in [3.8, 4) is 17.3 Å². The number of aliphatic carboxylic acids is 1. The fourth-order valence-corrected chi connectivity index (χ4v) is 8.18. The maximum atomic E-state index is 13.9. The molecule has 70 heavy (non-hydrogen) atoms. The lowest BCUT2D eigenvalue weighted by molar-refractivity contribution is -0.137.